The summed E-state index contributed by atoms with van der Waals surface area (Å²) in [5, 5.41) is 11.8. The standard InChI is InChI=1S/C16H27NO2S/c1-5-19-16(8-6-7-11(2)10-16)14(18)9-15-17-12(3)13(4)20-15/h11,14,18H,5-10H2,1-4H3. The fraction of sp³-hybridized carbons (Fsp3) is 0.812. The van der Waals surface area contributed by atoms with Crippen LogP contribution in [0.4, 0.5) is 0 Å². The Morgan fingerprint density at radius 3 is 2.80 bits per heavy atom. The van der Waals surface area contributed by atoms with Crippen LogP contribution in [0, 0.1) is 19.8 Å². The van der Waals surface area contributed by atoms with E-state index in [-0.39, 0.29) is 5.60 Å². The van der Waals surface area contributed by atoms with Gasteiger partial charge >= 0.3 is 0 Å². The lowest BCUT2D eigenvalue weighted by atomic mass is 9.75. The third kappa shape index (κ3) is 3.41. The maximum atomic E-state index is 10.8. The van der Waals surface area contributed by atoms with E-state index in [1.165, 1.54) is 11.3 Å². The minimum atomic E-state index is -0.449. The smallest absolute Gasteiger partial charge is 0.0957 e. The Balaban J connectivity index is 2.12. The first-order valence-electron chi connectivity index (χ1n) is 7.71. The van der Waals surface area contributed by atoms with Crippen molar-refractivity contribution in [2.24, 2.45) is 5.92 Å². The van der Waals surface area contributed by atoms with Crippen molar-refractivity contribution < 1.29 is 9.84 Å². The van der Waals surface area contributed by atoms with Crippen LogP contribution in [0.2, 0.25) is 0 Å². The van der Waals surface area contributed by atoms with Gasteiger partial charge in [0.25, 0.3) is 0 Å². The summed E-state index contributed by atoms with van der Waals surface area (Å²) in [5.41, 5.74) is 0.722. The van der Waals surface area contributed by atoms with Gasteiger partial charge in [-0.25, -0.2) is 4.98 Å². The van der Waals surface area contributed by atoms with Gasteiger partial charge in [0.05, 0.1) is 22.4 Å². The number of aromatic nitrogens is 1. The van der Waals surface area contributed by atoms with Gasteiger partial charge in [0.2, 0.25) is 0 Å². The van der Waals surface area contributed by atoms with E-state index in [0.717, 1.165) is 30.0 Å². The molecule has 1 aromatic rings. The van der Waals surface area contributed by atoms with Gasteiger partial charge in [-0.2, -0.15) is 0 Å². The van der Waals surface area contributed by atoms with Crippen LogP contribution in [0.1, 0.15) is 55.1 Å². The Bertz CT molecular complexity index is 422. The summed E-state index contributed by atoms with van der Waals surface area (Å²) in [7, 11) is 0. The van der Waals surface area contributed by atoms with Gasteiger partial charge in [0.15, 0.2) is 0 Å². The third-order valence-corrected chi connectivity index (χ3v) is 5.57. The van der Waals surface area contributed by atoms with E-state index in [1.807, 2.05) is 13.8 Å². The van der Waals surface area contributed by atoms with Gasteiger partial charge in [0.1, 0.15) is 0 Å². The van der Waals surface area contributed by atoms with Crippen molar-refractivity contribution in [3.05, 3.63) is 15.6 Å². The van der Waals surface area contributed by atoms with E-state index in [1.54, 1.807) is 11.3 Å². The van der Waals surface area contributed by atoms with E-state index < -0.39 is 6.10 Å². The second kappa shape index (κ2) is 6.54. The van der Waals surface area contributed by atoms with Crippen molar-refractivity contribution in [1.82, 2.24) is 4.98 Å². The van der Waals surface area contributed by atoms with Crippen LogP contribution in [-0.4, -0.2) is 28.4 Å². The van der Waals surface area contributed by atoms with E-state index >= 15 is 0 Å². The summed E-state index contributed by atoms with van der Waals surface area (Å²) in [5.74, 6) is 0.629. The van der Waals surface area contributed by atoms with Crippen LogP contribution in [0.5, 0.6) is 0 Å². The molecule has 4 heteroatoms. The molecule has 1 aliphatic carbocycles. The second-order valence-corrected chi connectivity index (χ2v) is 7.46. The van der Waals surface area contributed by atoms with E-state index in [2.05, 4.69) is 18.8 Å². The van der Waals surface area contributed by atoms with Gasteiger partial charge in [-0.05, 0) is 39.5 Å². The first-order chi connectivity index (χ1) is 9.47. The molecule has 0 aliphatic heterocycles. The van der Waals surface area contributed by atoms with Crippen molar-refractivity contribution in [1.29, 1.82) is 0 Å². The van der Waals surface area contributed by atoms with Gasteiger partial charge in [-0.1, -0.05) is 19.8 Å². The highest BCUT2D eigenvalue weighted by Gasteiger charge is 2.42. The molecule has 1 aliphatic rings. The highest BCUT2D eigenvalue weighted by molar-refractivity contribution is 7.11. The molecule has 0 bridgehead atoms. The fourth-order valence-corrected chi connectivity index (χ4v) is 4.31. The molecule has 0 aromatic carbocycles. The van der Waals surface area contributed by atoms with Crippen LogP contribution >= 0.6 is 11.3 Å². The lowest BCUT2D eigenvalue weighted by Gasteiger charge is -2.43. The third-order valence-electron chi connectivity index (χ3n) is 4.47. The summed E-state index contributed by atoms with van der Waals surface area (Å²) in [6.07, 6.45) is 4.49. The van der Waals surface area contributed by atoms with Gasteiger partial charge in [0, 0.05) is 17.9 Å². The summed E-state index contributed by atoms with van der Waals surface area (Å²) in [6.45, 7) is 9.06. The topological polar surface area (TPSA) is 42.4 Å². The van der Waals surface area contributed by atoms with Crippen LogP contribution in [0.15, 0.2) is 0 Å². The Kier molecular flexibility index (Phi) is 5.21. The molecular formula is C16H27NO2S. The van der Waals surface area contributed by atoms with Crippen LogP contribution in [0.3, 0.4) is 0 Å². The predicted molar refractivity (Wildman–Crippen MR) is 83.3 cm³/mol. The number of hydrogen-bond acceptors (Lipinski definition) is 4. The molecule has 20 heavy (non-hydrogen) atoms. The van der Waals surface area contributed by atoms with Gasteiger partial charge in [-0.3, -0.25) is 0 Å². The molecule has 0 amide bonds. The van der Waals surface area contributed by atoms with Crippen molar-refractivity contribution in [3.8, 4) is 0 Å². The molecule has 2 rings (SSSR count). The molecule has 0 spiro atoms. The molecule has 1 aromatic heterocycles. The van der Waals surface area contributed by atoms with Crippen molar-refractivity contribution in [2.45, 2.75) is 71.5 Å². The quantitative estimate of drug-likeness (QED) is 0.902. The van der Waals surface area contributed by atoms with Gasteiger partial charge < -0.3 is 9.84 Å². The van der Waals surface area contributed by atoms with E-state index in [0.29, 0.717) is 18.9 Å². The normalized spacial score (nSPS) is 28.6. The molecule has 0 saturated heterocycles. The number of thiazole rings is 1. The summed E-state index contributed by atoms with van der Waals surface area (Å²) in [4.78, 5) is 5.80. The number of nitrogens with zero attached hydrogens (tertiary/aromatic N) is 1. The molecule has 1 fully saturated rings. The molecule has 1 saturated carbocycles. The van der Waals surface area contributed by atoms with Crippen LogP contribution in [0.25, 0.3) is 0 Å². The number of aryl methyl sites for hydroxylation is 2. The maximum Gasteiger partial charge on any atom is 0.0957 e. The largest absolute Gasteiger partial charge is 0.390 e. The average molecular weight is 297 g/mol. The highest BCUT2D eigenvalue weighted by Crippen LogP contribution is 2.39. The summed E-state index contributed by atoms with van der Waals surface area (Å²) in [6, 6.07) is 0. The SMILES string of the molecule is CCOC1(C(O)Cc2nc(C)c(C)s2)CCCC(C)C1. The van der Waals surface area contributed by atoms with Crippen LogP contribution in [-0.2, 0) is 11.2 Å². The zero-order valence-corrected chi connectivity index (χ0v) is 13.9. The highest BCUT2D eigenvalue weighted by atomic mass is 32.1. The predicted octanol–water partition coefficient (Wildman–Crippen LogP) is 3.65. The molecular weight excluding hydrogens is 270 g/mol. The van der Waals surface area contributed by atoms with Crippen LogP contribution < -0.4 is 0 Å². The average Bonchev–Trinajstić information content (AvgIpc) is 2.68. The monoisotopic (exact) mass is 297 g/mol. The fourth-order valence-electron chi connectivity index (χ4n) is 3.34. The minimum absolute atomic E-state index is 0.361. The van der Waals surface area contributed by atoms with E-state index in [9.17, 15) is 5.11 Å². The van der Waals surface area contributed by atoms with Crippen molar-refractivity contribution in [3.63, 3.8) is 0 Å². The Labute approximate surface area is 126 Å². The number of aliphatic hydroxyl groups is 1. The minimum Gasteiger partial charge on any atom is -0.390 e. The molecule has 3 unspecified atom stereocenters. The Morgan fingerprint density at radius 2 is 2.25 bits per heavy atom. The van der Waals surface area contributed by atoms with E-state index in [4.69, 9.17) is 4.74 Å². The first-order valence-corrected chi connectivity index (χ1v) is 8.53. The molecule has 114 valence electrons. The maximum absolute atomic E-state index is 10.8. The zero-order chi connectivity index (χ0) is 14.8. The molecule has 3 atom stereocenters. The number of aliphatic hydroxyl groups excluding tert-OH is 1. The van der Waals surface area contributed by atoms with Gasteiger partial charge in [-0.15, -0.1) is 11.3 Å². The number of ether oxygens (including phenoxy) is 1. The van der Waals surface area contributed by atoms with Crippen molar-refractivity contribution in [2.75, 3.05) is 6.61 Å². The summed E-state index contributed by atoms with van der Waals surface area (Å²) < 4.78 is 6.04. The number of hydrogen-bond donors (Lipinski definition) is 1. The second-order valence-electron chi connectivity index (χ2n) is 6.17. The lowest BCUT2D eigenvalue weighted by Crippen LogP contribution is -2.49. The Morgan fingerprint density at radius 1 is 1.50 bits per heavy atom. The lowest BCUT2D eigenvalue weighted by molar-refractivity contribution is -0.147. The molecule has 0 radical (unpaired) electrons. The Hall–Kier alpha value is -0.450. The molecule has 1 heterocycles. The zero-order valence-electron chi connectivity index (χ0n) is 13.1. The summed E-state index contributed by atoms with van der Waals surface area (Å²) >= 11 is 1.70. The number of rotatable bonds is 5. The first kappa shape index (κ1) is 15.9. The molecule has 1 N–H and O–H groups in total. The molecule has 3 nitrogen and oxygen atoms in total. The van der Waals surface area contributed by atoms with Crippen molar-refractivity contribution >= 4 is 11.3 Å².